The molecule has 94 valence electrons. The molecule has 2 unspecified atom stereocenters. The van der Waals surface area contributed by atoms with Crippen molar-refractivity contribution in [2.45, 2.75) is 57.7 Å². The van der Waals surface area contributed by atoms with Crippen molar-refractivity contribution in [1.29, 1.82) is 0 Å². The summed E-state index contributed by atoms with van der Waals surface area (Å²) in [6.07, 6.45) is 4.63. The molecule has 0 aromatic rings. The van der Waals surface area contributed by atoms with Crippen molar-refractivity contribution in [2.24, 2.45) is 0 Å². The second-order valence-corrected chi connectivity index (χ2v) is 4.59. The summed E-state index contributed by atoms with van der Waals surface area (Å²) in [4.78, 5) is 11.1. The first kappa shape index (κ1) is 13.5. The summed E-state index contributed by atoms with van der Waals surface area (Å²) in [5.41, 5.74) is -1.06. The molecule has 4 nitrogen and oxygen atoms in total. The van der Waals surface area contributed by atoms with Gasteiger partial charge in [-0.15, -0.1) is 0 Å². The van der Waals surface area contributed by atoms with Crippen LogP contribution in [0.1, 0.15) is 46.0 Å². The Morgan fingerprint density at radius 2 is 2.31 bits per heavy atom. The lowest BCUT2D eigenvalue weighted by Crippen LogP contribution is -2.41. The summed E-state index contributed by atoms with van der Waals surface area (Å²) in [6.45, 7) is 4.76. The van der Waals surface area contributed by atoms with Crippen LogP contribution in [0, 0.1) is 0 Å². The Kier molecular flexibility index (Phi) is 5.22. The molecule has 1 fully saturated rings. The van der Waals surface area contributed by atoms with Gasteiger partial charge in [0.2, 0.25) is 0 Å². The molecule has 0 aromatic carbocycles. The van der Waals surface area contributed by atoms with E-state index in [-0.39, 0.29) is 6.10 Å². The van der Waals surface area contributed by atoms with E-state index in [0.717, 1.165) is 32.3 Å². The first-order valence-corrected chi connectivity index (χ1v) is 6.07. The van der Waals surface area contributed by atoms with Gasteiger partial charge in [-0.1, -0.05) is 13.3 Å². The van der Waals surface area contributed by atoms with Crippen molar-refractivity contribution < 1.29 is 19.4 Å². The van der Waals surface area contributed by atoms with E-state index < -0.39 is 11.6 Å². The molecule has 1 aliphatic heterocycles. The highest BCUT2D eigenvalue weighted by Crippen LogP contribution is 2.21. The van der Waals surface area contributed by atoms with E-state index in [2.05, 4.69) is 0 Å². The predicted molar refractivity (Wildman–Crippen MR) is 60.5 cm³/mol. The minimum Gasteiger partial charge on any atom is -0.479 e. The van der Waals surface area contributed by atoms with Gasteiger partial charge in [0.05, 0.1) is 12.7 Å². The number of ether oxygens (including phenoxy) is 2. The van der Waals surface area contributed by atoms with Crippen LogP contribution >= 0.6 is 0 Å². The van der Waals surface area contributed by atoms with Gasteiger partial charge in [0.15, 0.2) is 5.60 Å². The summed E-state index contributed by atoms with van der Waals surface area (Å²) < 4.78 is 11.1. The van der Waals surface area contributed by atoms with Gasteiger partial charge in [0.1, 0.15) is 0 Å². The summed E-state index contributed by atoms with van der Waals surface area (Å²) in [7, 11) is 0. The molecule has 1 saturated heterocycles. The van der Waals surface area contributed by atoms with E-state index in [4.69, 9.17) is 14.6 Å². The van der Waals surface area contributed by atoms with Crippen molar-refractivity contribution in [3.05, 3.63) is 0 Å². The Morgan fingerprint density at radius 1 is 1.56 bits per heavy atom. The molecule has 0 radical (unpaired) electrons. The van der Waals surface area contributed by atoms with Crippen LogP contribution in [0.3, 0.4) is 0 Å². The lowest BCUT2D eigenvalue weighted by Gasteiger charge is -2.29. The Bertz CT molecular complexity index is 223. The molecular formula is C12H22O4. The van der Waals surface area contributed by atoms with Crippen LogP contribution in [0.2, 0.25) is 0 Å². The van der Waals surface area contributed by atoms with Crippen LogP contribution in [0.25, 0.3) is 0 Å². The van der Waals surface area contributed by atoms with Gasteiger partial charge in [-0.05, 0) is 32.6 Å². The van der Waals surface area contributed by atoms with Crippen LogP contribution in [-0.2, 0) is 14.3 Å². The molecule has 2 atom stereocenters. The number of carboxylic acids is 1. The van der Waals surface area contributed by atoms with Crippen molar-refractivity contribution in [2.75, 3.05) is 13.2 Å². The molecule has 4 heteroatoms. The zero-order valence-electron chi connectivity index (χ0n) is 10.2. The predicted octanol–water partition coefficient (Wildman–Crippen LogP) is 2.22. The van der Waals surface area contributed by atoms with E-state index >= 15 is 0 Å². The molecule has 0 saturated carbocycles. The van der Waals surface area contributed by atoms with E-state index in [1.807, 2.05) is 6.92 Å². The smallest absolute Gasteiger partial charge is 0.335 e. The first-order chi connectivity index (χ1) is 7.58. The van der Waals surface area contributed by atoms with Crippen LogP contribution in [-0.4, -0.2) is 36.0 Å². The van der Waals surface area contributed by atoms with Gasteiger partial charge in [-0.25, -0.2) is 4.79 Å². The SMILES string of the molecule is CCCC(C)(OCC1CCCCO1)C(=O)O. The lowest BCUT2D eigenvalue weighted by atomic mass is 10.0. The standard InChI is InChI=1S/C12H22O4/c1-3-7-12(2,11(13)14)16-9-10-6-4-5-8-15-10/h10H,3-9H2,1-2H3,(H,13,14). The highest BCUT2D eigenvalue weighted by molar-refractivity contribution is 5.76. The average Bonchev–Trinajstić information content (AvgIpc) is 2.28. The molecule has 1 rings (SSSR count). The monoisotopic (exact) mass is 230 g/mol. The molecule has 0 aromatic heterocycles. The fraction of sp³-hybridized carbons (Fsp3) is 0.917. The quantitative estimate of drug-likeness (QED) is 0.760. The molecule has 16 heavy (non-hydrogen) atoms. The van der Waals surface area contributed by atoms with Gasteiger partial charge in [-0.2, -0.15) is 0 Å². The Labute approximate surface area is 96.9 Å². The first-order valence-electron chi connectivity index (χ1n) is 6.07. The summed E-state index contributed by atoms with van der Waals surface area (Å²) in [6, 6.07) is 0. The third-order valence-corrected chi connectivity index (χ3v) is 3.04. The summed E-state index contributed by atoms with van der Waals surface area (Å²) >= 11 is 0. The zero-order chi connectivity index (χ0) is 12.0. The molecule has 1 aliphatic rings. The normalized spacial score (nSPS) is 25.0. The second kappa shape index (κ2) is 6.21. The maximum Gasteiger partial charge on any atom is 0.335 e. The average molecular weight is 230 g/mol. The van der Waals surface area contributed by atoms with E-state index in [9.17, 15) is 4.79 Å². The number of hydrogen-bond donors (Lipinski definition) is 1. The topological polar surface area (TPSA) is 55.8 Å². The maximum absolute atomic E-state index is 11.1. The number of hydrogen-bond acceptors (Lipinski definition) is 3. The summed E-state index contributed by atoms with van der Waals surface area (Å²) in [5, 5.41) is 9.13. The highest BCUT2D eigenvalue weighted by atomic mass is 16.6. The highest BCUT2D eigenvalue weighted by Gasteiger charge is 2.34. The van der Waals surface area contributed by atoms with E-state index in [1.165, 1.54) is 0 Å². The molecular weight excluding hydrogens is 208 g/mol. The van der Waals surface area contributed by atoms with Crippen LogP contribution < -0.4 is 0 Å². The van der Waals surface area contributed by atoms with Gasteiger partial charge in [-0.3, -0.25) is 0 Å². The van der Waals surface area contributed by atoms with E-state index in [0.29, 0.717) is 13.0 Å². The van der Waals surface area contributed by atoms with Crippen molar-refractivity contribution in [3.8, 4) is 0 Å². The second-order valence-electron chi connectivity index (χ2n) is 4.59. The zero-order valence-corrected chi connectivity index (χ0v) is 10.2. The molecule has 1 heterocycles. The third kappa shape index (κ3) is 3.76. The van der Waals surface area contributed by atoms with Crippen LogP contribution in [0.4, 0.5) is 0 Å². The Balaban J connectivity index is 2.39. The molecule has 0 amide bonds. The number of carboxylic acid groups (broad SMARTS) is 1. The molecule has 0 bridgehead atoms. The third-order valence-electron chi connectivity index (χ3n) is 3.04. The van der Waals surface area contributed by atoms with Crippen molar-refractivity contribution in [3.63, 3.8) is 0 Å². The van der Waals surface area contributed by atoms with Gasteiger partial charge < -0.3 is 14.6 Å². The van der Waals surface area contributed by atoms with Crippen LogP contribution in [0.15, 0.2) is 0 Å². The summed E-state index contributed by atoms with van der Waals surface area (Å²) in [5.74, 6) is -0.884. The number of aliphatic carboxylic acids is 1. The number of carbonyl (C=O) groups is 1. The molecule has 1 N–H and O–H groups in total. The van der Waals surface area contributed by atoms with E-state index in [1.54, 1.807) is 6.92 Å². The number of rotatable bonds is 6. The lowest BCUT2D eigenvalue weighted by molar-refractivity contribution is -0.171. The Hall–Kier alpha value is -0.610. The fourth-order valence-electron chi connectivity index (χ4n) is 1.93. The molecule has 0 spiro atoms. The maximum atomic E-state index is 11.1. The Morgan fingerprint density at radius 3 is 2.81 bits per heavy atom. The molecule has 0 aliphatic carbocycles. The van der Waals surface area contributed by atoms with Gasteiger partial charge in [0.25, 0.3) is 0 Å². The van der Waals surface area contributed by atoms with Gasteiger partial charge in [0, 0.05) is 6.61 Å². The largest absolute Gasteiger partial charge is 0.479 e. The van der Waals surface area contributed by atoms with Crippen molar-refractivity contribution in [1.82, 2.24) is 0 Å². The minimum absolute atomic E-state index is 0.0734. The van der Waals surface area contributed by atoms with Gasteiger partial charge >= 0.3 is 5.97 Å². The fourth-order valence-corrected chi connectivity index (χ4v) is 1.93. The van der Waals surface area contributed by atoms with Crippen LogP contribution in [0.5, 0.6) is 0 Å². The van der Waals surface area contributed by atoms with Crippen molar-refractivity contribution >= 4 is 5.97 Å². The minimum atomic E-state index is -1.06.